The van der Waals surface area contributed by atoms with Gasteiger partial charge in [-0.1, -0.05) is 48.5 Å². The first kappa shape index (κ1) is 18.7. The Morgan fingerprint density at radius 2 is 1.72 bits per heavy atom. The molecule has 0 saturated carbocycles. The van der Waals surface area contributed by atoms with E-state index < -0.39 is 6.04 Å². The number of rotatable bonds is 6. The van der Waals surface area contributed by atoms with Crippen molar-refractivity contribution in [1.29, 1.82) is 0 Å². The molecule has 0 unspecified atom stereocenters. The minimum atomic E-state index is -0.699. The van der Waals surface area contributed by atoms with Crippen LogP contribution >= 0.6 is 0 Å². The van der Waals surface area contributed by atoms with Gasteiger partial charge >= 0.3 is 0 Å². The van der Waals surface area contributed by atoms with Crippen LogP contribution in [0.1, 0.15) is 5.56 Å². The number of carbonyl (C=O) groups is 2. The molecular weight excluding hydrogens is 364 g/mol. The number of anilines is 1. The summed E-state index contributed by atoms with van der Waals surface area (Å²) in [5.41, 5.74) is 6.28. The first-order chi connectivity index (χ1) is 14.1. The van der Waals surface area contributed by atoms with E-state index in [1.807, 2.05) is 72.9 Å². The summed E-state index contributed by atoms with van der Waals surface area (Å²) in [5, 5.41) is 8.93. The number of carbonyl (C=O) groups excluding carboxylic acids is 2. The highest BCUT2D eigenvalue weighted by Crippen LogP contribution is 2.21. The molecule has 0 aliphatic heterocycles. The van der Waals surface area contributed by atoms with Crippen LogP contribution in [0.5, 0.6) is 0 Å². The second-order valence-electron chi connectivity index (χ2n) is 6.98. The van der Waals surface area contributed by atoms with Gasteiger partial charge in [0.25, 0.3) is 5.91 Å². The molecule has 0 saturated heterocycles. The third-order valence-electron chi connectivity index (χ3n) is 4.99. The molecule has 4 aromatic rings. The normalized spacial score (nSPS) is 12.0. The number of fused-ring (bicyclic) bond motifs is 2. The van der Waals surface area contributed by atoms with Crippen molar-refractivity contribution < 1.29 is 15.3 Å². The number of H-pyrrole nitrogens is 1. The number of para-hydroxylation sites is 1. The van der Waals surface area contributed by atoms with Gasteiger partial charge in [-0.3, -0.25) is 9.59 Å². The first-order valence-corrected chi connectivity index (χ1v) is 9.57. The van der Waals surface area contributed by atoms with E-state index in [4.69, 9.17) is 0 Å². The topological polar surface area (TPSA) is 102 Å². The predicted octanol–water partition coefficient (Wildman–Crippen LogP) is 2.23. The van der Waals surface area contributed by atoms with Crippen molar-refractivity contribution in [2.24, 2.45) is 0 Å². The average Bonchev–Trinajstić information content (AvgIpc) is 3.16. The highest BCUT2D eigenvalue weighted by molar-refractivity contribution is 5.99. The van der Waals surface area contributed by atoms with E-state index in [2.05, 4.69) is 21.4 Å². The Labute approximate surface area is 168 Å². The third-order valence-corrected chi connectivity index (χ3v) is 4.99. The zero-order valence-electron chi connectivity index (χ0n) is 15.9. The second-order valence-corrected chi connectivity index (χ2v) is 6.98. The monoisotopic (exact) mass is 387 g/mol. The van der Waals surface area contributed by atoms with Crippen molar-refractivity contribution in [3.8, 4) is 0 Å². The van der Waals surface area contributed by atoms with Gasteiger partial charge in [0, 0.05) is 29.2 Å². The van der Waals surface area contributed by atoms with Crippen LogP contribution in [0.3, 0.4) is 0 Å². The van der Waals surface area contributed by atoms with E-state index in [0.717, 1.165) is 27.2 Å². The maximum atomic E-state index is 13.0. The number of hydrogen-bond donors (Lipinski definition) is 4. The molecule has 1 aromatic heterocycles. The van der Waals surface area contributed by atoms with Gasteiger partial charge in [-0.15, -0.1) is 0 Å². The minimum absolute atomic E-state index is 0.0770. The largest absolute Gasteiger partial charge is 0.361 e. The van der Waals surface area contributed by atoms with E-state index >= 15 is 0 Å². The van der Waals surface area contributed by atoms with E-state index in [1.54, 1.807) is 0 Å². The lowest BCUT2D eigenvalue weighted by atomic mass is 10.0. The molecule has 0 fully saturated rings. The van der Waals surface area contributed by atoms with Crippen LogP contribution in [0.15, 0.2) is 72.9 Å². The molecule has 1 heterocycles. The number of benzene rings is 3. The van der Waals surface area contributed by atoms with E-state index in [9.17, 15) is 9.59 Å². The Morgan fingerprint density at radius 1 is 0.966 bits per heavy atom. The number of aromatic nitrogens is 1. The fourth-order valence-corrected chi connectivity index (χ4v) is 3.49. The third kappa shape index (κ3) is 4.12. The average molecular weight is 387 g/mol. The predicted molar refractivity (Wildman–Crippen MR) is 114 cm³/mol. The Kier molecular flexibility index (Phi) is 5.27. The van der Waals surface area contributed by atoms with Crippen LogP contribution in [0.2, 0.25) is 0 Å². The van der Waals surface area contributed by atoms with E-state index in [0.29, 0.717) is 12.1 Å². The molecule has 29 heavy (non-hydrogen) atoms. The Bertz CT molecular complexity index is 1180. The van der Waals surface area contributed by atoms with Gasteiger partial charge in [0.05, 0.1) is 0 Å². The smallest absolute Gasteiger partial charge is 0.275 e. The number of hydrogen-bond acceptors (Lipinski definition) is 2. The highest BCUT2D eigenvalue weighted by Gasteiger charge is 2.23. The Morgan fingerprint density at radius 3 is 2.55 bits per heavy atom. The first-order valence-electron chi connectivity index (χ1n) is 9.57. The number of nitrogens with one attached hydrogen (secondary N) is 3. The maximum Gasteiger partial charge on any atom is 0.275 e. The van der Waals surface area contributed by atoms with E-state index in [1.165, 1.54) is 0 Å². The van der Waals surface area contributed by atoms with Gasteiger partial charge in [0.15, 0.2) is 6.54 Å². The maximum absolute atomic E-state index is 13.0. The second kappa shape index (κ2) is 8.16. The fourth-order valence-electron chi connectivity index (χ4n) is 3.49. The van der Waals surface area contributed by atoms with Crippen LogP contribution < -0.4 is 16.4 Å². The summed E-state index contributed by atoms with van der Waals surface area (Å²) >= 11 is 0. The van der Waals surface area contributed by atoms with Crippen molar-refractivity contribution in [1.82, 2.24) is 10.3 Å². The molecule has 6 nitrogen and oxygen atoms in total. The number of aromatic amines is 1. The molecule has 0 bridgehead atoms. The molecular formula is C23H23N4O2+. The van der Waals surface area contributed by atoms with Crippen LogP contribution in [0.4, 0.5) is 5.69 Å². The molecule has 0 aliphatic rings. The van der Waals surface area contributed by atoms with Crippen LogP contribution in [-0.4, -0.2) is 29.4 Å². The Balaban J connectivity index is 1.57. The van der Waals surface area contributed by atoms with Crippen molar-refractivity contribution in [3.63, 3.8) is 0 Å². The molecule has 0 spiro atoms. The summed E-state index contributed by atoms with van der Waals surface area (Å²) in [6.07, 6.45) is 2.27. The lowest BCUT2D eigenvalue weighted by Crippen LogP contribution is -2.59. The summed E-state index contributed by atoms with van der Waals surface area (Å²) < 4.78 is 0. The number of quaternary nitrogens is 1. The van der Waals surface area contributed by atoms with E-state index in [-0.39, 0.29) is 18.4 Å². The van der Waals surface area contributed by atoms with Gasteiger partial charge in [0.1, 0.15) is 6.04 Å². The van der Waals surface area contributed by atoms with Crippen molar-refractivity contribution in [3.05, 3.63) is 78.5 Å². The Hall–Kier alpha value is -3.64. The van der Waals surface area contributed by atoms with Crippen LogP contribution in [0.25, 0.3) is 21.7 Å². The van der Waals surface area contributed by atoms with Gasteiger partial charge in [-0.05, 0) is 34.5 Å². The lowest BCUT2D eigenvalue weighted by molar-refractivity contribution is -0.355. The molecule has 6 N–H and O–H groups in total. The van der Waals surface area contributed by atoms with Gasteiger partial charge in [0.2, 0.25) is 5.91 Å². The molecule has 1 atom stereocenters. The van der Waals surface area contributed by atoms with Crippen LogP contribution in [0, 0.1) is 0 Å². The molecule has 0 radical (unpaired) electrons. The van der Waals surface area contributed by atoms with Crippen molar-refractivity contribution >= 4 is 39.2 Å². The quantitative estimate of drug-likeness (QED) is 0.408. The zero-order valence-corrected chi connectivity index (χ0v) is 15.9. The summed E-state index contributed by atoms with van der Waals surface area (Å²) in [6.45, 7) is 0.0770. The highest BCUT2D eigenvalue weighted by atomic mass is 16.2. The van der Waals surface area contributed by atoms with Crippen molar-refractivity contribution in [2.45, 2.75) is 12.5 Å². The van der Waals surface area contributed by atoms with Gasteiger partial charge in [-0.2, -0.15) is 0 Å². The van der Waals surface area contributed by atoms with Gasteiger partial charge < -0.3 is 21.4 Å². The standard InChI is InChI=1S/C23H22N4O2/c24-13-22(28)27-21(12-17-14-25-20-8-4-3-7-19(17)20)23(29)26-18-10-9-15-5-1-2-6-16(15)11-18/h1-11,14,21,25H,12-13,24H2,(H,26,29)(H,27,28)/p+1/t21-/m0/s1. The lowest BCUT2D eigenvalue weighted by Gasteiger charge is -2.18. The summed E-state index contributed by atoms with van der Waals surface area (Å²) in [7, 11) is 0. The molecule has 0 aliphatic carbocycles. The van der Waals surface area contributed by atoms with Crippen molar-refractivity contribution in [2.75, 3.05) is 11.9 Å². The molecule has 146 valence electrons. The zero-order chi connectivity index (χ0) is 20.2. The summed E-state index contributed by atoms with van der Waals surface area (Å²) in [6, 6.07) is 20.9. The van der Waals surface area contributed by atoms with Crippen LogP contribution in [-0.2, 0) is 16.0 Å². The molecule has 4 rings (SSSR count). The molecule has 6 heteroatoms. The fraction of sp³-hybridized carbons (Fsp3) is 0.130. The van der Waals surface area contributed by atoms with Gasteiger partial charge in [-0.25, -0.2) is 0 Å². The molecule has 2 amide bonds. The minimum Gasteiger partial charge on any atom is -0.361 e. The molecule has 3 aromatic carbocycles. The SMILES string of the molecule is [NH3+]CC(=O)N[C@@H](Cc1c[nH]c2ccccc12)C(=O)Nc1ccc2ccccc2c1. The summed E-state index contributed by atoms with van der Waals surface area (Å²) in [4.78, 5) is 28.2. The number of amides is 2. The summed E-state index contributed by atoms with van der Waals surface area (Å²) in [5.74, 6) is -0.518.